The largest absolute Gasteiger partial charge is 0.507 e. The number of nitrogens with one attached hydrogen (secondary N) is 1. The highest BCUT2D eigenvalue weighted by molar-refractivity contribution is 5.92. The molecule has 4 rings (SSSR count). The quantitative estimate of drug-likeness (QED) is 0.524. The standard InChI is InChI=1S/C26H32N4O3.H2/c1-16(2)14-23(32)26(33)27-18-10-12-30(13-11-18)25-19-9-8-17(3)15-21(19)28-24(29-25)20-6-4-5-7-22(20)31;/h4-9,15-16,18,23,31-32H,10-14H2,1-3H3,(H,27,33);1H/t23-;/m0./s1. The summed E-state index contributed by atoms with van der Waals surface area (Å²) in [6.45, 7) is 7.47. The third kappa shape index (κ3) is 5.25. The second-order valence-electron chi connectivity index (χ2n) is 9.32. The van der Waals surface area contributed by atoms with E-state index in [1.165, 1.54) is 0 Å². The summed E-state index contributed by atoms with van der Waals surface area (Å²) in [4.78, 5) is 24.1. The van der Waals surface area contributed by atoms with E-state index in [0.29, 0.717) is 17.8 Å². The van der Waals surface area contributed by atoms with Crippen LogP contribution in [-0.4, -0.2) is 51.3 Å². The molecule has 7 nitrogen and oxygen atoms in total. The Morgan fingerprint density at radius 3 is 2.61 bits per heavy atom. The Morgan fingerprint density at radius 1 is 1.18 bits per heavy atom. The van der Waals surface area contributed by atoms with E-state index in [2.05, 4.69) is 16.3 Å². The maximum absolute atomic E-state index is 12.3. The summed E-state index contributed by atoms with van der Waals surface area (Å²) in [6.07, 6.45) is 1.04. The van der Waals surface area contributed by atoms with Crippen molar-refractivity contribution < 1.29 is 16.4 Å². The highest BCUT2D eigenvalue weighted by atomic mass is 16.3. The summed E-state index contributed by atoms with van der Waals surface area (Å²) in [6, 6.07) is 13.3. The lowest BCUT2D eigenvalue weighted by molar-refractivity contribution is -0.130. The average molecular weight is 451 g/mol. The van der Waals surface area contributed by atoms with Gasteiger partial charge in [0.05, 0.1) is 11.1 Å². The number of carbonyl (C=O) groups excluding carboxylic acids is 1. The Balaban J connectivity index is 0.00000324. The van der Waals surface area contributed by atoms with Gasteiger partial charge in [-0.05, 0) is 61.9 Å². The Morgan fingerprint density at radius 2 is 1.91 bits per heavy atom. The molecular formula is C26H34N4O3. The maximum atomic E-state index is 12.3. The minimum atomic E-state index is -0.960. The van der Waals surface area contributed by atoms with Gasteiger partial charge in [0.2, 0.25) is 5.91 Å². The number of carbonyl (C=O) groups is 1. The van der Waals surface area contributed by atoms with E-state index in [9.17, 15) is 15.0 Å². The normalized spacial score (nSPS) is 15.7. The van der Waals surface area contributed by atoms with Crippen LogP contribution in [0, 0.1) is 12.8 Å². The molecule has 1 aromatic heterocycles. The van der Waals surface area contributed by atoms with Gasteiger partial charge < -0.3 is 20.4 Å². The zero-order valence-corrected chi connectivity index (χ0v) is 19.5. The van der Waals surface area contributed by atoms with Crippen molar-refractivity contribution in [2.45, 2.75) is 52.2 Å². The van der Waals surface area contributed by atoms with Gasteiger partial charge in [-0.25, -0.2) is 9.97 Å². The number of benzene rings is 2. The number of amides is 1. The number of hydrogen-bond donors (Lipinski definition) is 3. The van der Waals surface area contributed by atoms with Crippen LogP contribution in [-0.2, 0) is 4.79 Å². The number of phenols is 1. The van der Waals surface area contributed by atoms with Gasteiger partial charge in [-0.3, -0.25) is 4.79 Å². The molecule has 3 N–H and O–H groups in total. The number of aryl methyl sites for hydroxylation is 1. The van der Waals surface area contributed by atoms with Crippen molar-refractivity contribution >= 4 is 22.6 Å². The van der Waals surface area contributed by atoms with Crippen LogP contribution in [0.1, 0.15) is 40.1 Å². The molecule has 1 aliphatic heterocycles. The maximum Gasteiger partial charge on any atom is 0.249 e. The first-order valence-electron chi connectivity index (χ1n) is 11.6. The van der Waals surface area contributed by atoms with Crippen LogP contribution in [0.4, 0.5) is 5.82 Å². The Bertz CT molecular complexity index is 1150. The van der Waals surface area contributed by atoms with Gasteiger partial charge in [0.25, 0.3) is 0 Å². The molecule has 1 fully saturated rings. The lowest BCUT2D eigenvalue weighted by Gasteiger charge is -2.34. The smallest absolute Gasteiger partial charge is 0.249 e. The highest BCUT2D eigenvalue weighted by Crippen LogP contribution is 2.33. The molecule has 1 atom stereocenters. The van der Waals surface area contributed by atoms with Crippen molar-refractivity contribution in [2.75, 3.05) is 18.0 Å². The minimum absolute atomic E-state index is 0. The van der Waals surface area contributed by atoms with Crippen LogP contribution in [0.15, 0.2) is 42.5 Å². The predicted octanol–water partition coefficient (Wildman–Crippen LogP) is 4.05. The fraction of sp³-hybridized carbons (Fsp3) is 0.423. The predicted molar refractivity (Wildman–Crippen MR) is 132 cm³/mol. The summed E-state index contributed by atoms with van der Waals surface area (Å²) in [5.41, 5.74) is 2.55. The Hall–Kier alpha value is -3.19. The Kier molecular flexibility index (Phi) is 6.79. The second-order valence-corrected chi connectivity index (χ2v) is 9.32. The monoisotopic (exact) mass is 450 g/mol. The molecule has 3 aromatic rings. The summed E-state index contributed by atoms with van der Waals surface area (Å²) in [7, 11) is 0. The lowest BCUT2D eigenvalue weighted by Crippen LogP contribution is -2.48. The zero-order valence-electron chi connectivity index (χ0n) is 19.5. The van der Waals surface area contributed by atoms with E-state index in [1.807, 2.05) is 45.0 Å². The lowest BCUT2D eigenvalue weighted by atomic mass is 10.0. The van der Waals surface area contributed by atoms with Crippen LogP contribution in [0.2, 0.25) is 0 Å². The van der Waals surface area contributed by atoms with Crippen LogP contribution in [0.3, 0.4) is 0 Å². The number of aliphatic hydroxyl groups is 1. The van der Waals surface area contributed by atoms with Crippen molar-refractivity contribution in [3.05, 3.63) is 48.0 Å². The molecule has 2 aromatic carbocycles. The summed E-state index contributed by atoms with van der Waals surface area (Å²) in [5, 5.41) is 24.4. The first-order valence-corrected chi connectivity index (χ1v) is 11.6. The van der Waals surface area contributed by atoms with Crippen molar-refractivity contribution in [3.63, 3.8) is 0 Å². The Labute approximate surface area is 196 Å². The molecule has 0 aliphatic carbocycles. The molecule has 176 valence electrons. The van der Waals surface area contributed by atoms with Crippen molar-refractivity contribution in [3.8, 4) is 17.1 Å². The number of aromatic nitrogens is 2. The van der Waals surface area contributed by atoms with Crippen LogP contribution >= 0.6 is 0 Å². The molecule has 0 bridgehead atoms. The van der Waals surface area contributed by atoms with Crippen LogP contribution in [0.5, 0.6) is 5.75 Å². The third-order valence-corrected chi connectivity index (χ3v) is 6.12. The number of nitrogens with zero attached hydrogens (tertiary/aromatic N) is 3. The molecule has 0 radical (unpaired) electrons. The molecule has 0 unspecified atom stereocenters. The number of aromatic hydroxyl groups is 1. The van der Waals surface area contributed by atoms with E-state index >= 15 is 0 Å². The van der Waals surface area contributed by atoms with E-state index in [4.69, 9.17) is 9.97 Å². The molecule has 0 saturated carbocycles. The SMILES string of the molecule is Cc1ccc2c(N3CCC(NC(=O)[C@@H](O)CC(C)C)CC3)nc(-c3ccccc3O)nc2c1.[HH]. The van der Waals surface area contributed by atoms with Gasteiger partial charge in [0, 0.05) is 25.9 Å². The fourth-order valence-corrected chi connectivity index (χ4v) is 4.33. The van der Waals surface area contributed by atoms with E-state index in [0.717, 1.165) is 48.2 Å². The second kappa shape index (κ2) is 9.75. The molecule has 1 amide bonds. The molecule has 1 aliphatic rings. The van der Waals surface area contributed by atoms with Crippen LogP contribution < -0.4 is 10.2 Å². The number of para-hydroxylation sites is 1. The van der Waals surface area contributed by atoms with Crippen molar-refractivity contribution in [1.82, 2.24) is 15.3 Å². The topological polar surface area (TPSA) is 98.6 Å². The van der Waals surface area contributed by atoms with Gasteiger partial charge in [-0.2, -0.15) is 0 Å². The summed E-state index contributed by atoms with van der Waals surface area (Å²) >= 11 is 0. The number of hydrogen-bond acceptors (Lipinski definition) is 6. The number of phenolic OH excluding ortho intramolecular Hbond substituents is 1. The molecule has 0 spiro atoms. The molecule has 2 heterocycles. The minimum Gasteiger partial charge on any atom is -0.507 e. The van der Waals surface area contributed by atoms with Crippen LogP contribution in [0.25, 0.3) is 22.3 Å². The highest BCUT2D eigenvalue weighted by Gasteiger charge is 2.26. The first-order chi connectivity index (χ1) is 15.8. The average Bonchev–Trinajstić information content (AvgIpc) is 2.78. The van der Waals surface area contributed by atoms with Gasteiger partial charge in [0.15, 0.2) is 5.82 Å². The fourth-order valence-electron chi connectivity index (χ4n) is 4.33. The van der Waals surface area contributed by atoms with E-state index in [1.54, 1.807) is 12.1 Å². The van der Waals surface area contributed by atoms with Crippen molar-refractivity contribution in [1.29, 1.82) is 0 Å². The molecular weight excluding hydrogens is 416 g/mol. The van der Waals surface area contributed by atoms with Gasteiger partial charge in [-0.15, -0.1) is 0 Å². The summed E-state index contributed by atoms with van der Waals surface area (Å²) in [5.74, 6) is 1.46. The van der Waals surface area contributed by atoms with E-state index in [-0.39, 0.29) is 25.0 Å². The third-order valence-electron chi connectivity index (χ3n) is 6.12. The van der Waals surface area contributed by atoms with Gasteiger partial charge in [0.1, 0.15) is 17.7 Å². The van der Waals surface area contributed by atoms with Gasteiger partial charge >= 0.3 is 0 Å². The van der Waals surface area contributed by atoms with Gasteiger partial charge in [-0.1, -0.05) is 32.0 Å². The van der Waals surface area contributed by atoms with E-state index < -0.39 is 6.10 Å². The molecule has 33 heavy (non-hydrogen) atoms. The number of anilines is 1. The first kappa shape index (κ1) is 23.0. The number of rotatable bonds is 6. The van der Waals surface area contributed by atoms with Crippen molar-refractivity contribution in [2.24, 2.45) is 5.92 Å². The molecule has 1 saturated heterocycles. The number of piperidine rings is 1. The molecule has 7 heteroatoms. The number of fused-ring (bicyclic) bond motifs is 1. The zero-order chi connectivity index (χ0) is 23.5. The summed E-state index contributed by atoms with van der Waals surface area (Å²) < 4.78 is 0. The number of aliphatic hydroxyl groups excluding tert-OH is 1.